The lowest BCUT2D eigenvalue weighted by molar-refractivity contribution is -0.107. The number of nitrogen functional groups attached to an aromatic ring is 1. The van der Waals surface area contributed by atoms with Gasteiger partial charge in [0, 0.05) is 18.4 Å². The standard InChI is InChI=1S/C12H14N2O/c1-3-4-5-10-8-11(14(2)9-15)6-7-12(10)13/h3-9H,1,13H2,2H3/b5-4-. The molecule has 0 radical (unpaired) electrons. The van der Waals surface area contributed by atoms with Crippen LogP contribution in [0.4, 0.5) is 11.4 Å². The number of benzene rings is 1. The van der Waals surface area contributed by atoms with E-state index >= 15 is 0 Å². The summed E-state index contributed by atoms with van der Waals surface area (Å²) in [6, 6.07) is 5.43. The second-order valence-corrected chi connectivity index (χ2v) is 3.12. The van der Waals surface area contributed by atoms with Crippen LogP contribution in [0.5, 0.6) is 0 Å². The third-order valence-corrected chi connectivity index (χ3v) is 2.05. The van der Waals surface area contributed by atoms with Crippen molar-refractivity contribution in [1.29, 1.82) is 0 Å². The lowest BCUT2D eigenvalue weighted by Gasteiger charge is -2.12. The van der Waals surface area contributed by atoms with E-state index in [1.165, 1.54) is 4.90 Å². The molecule has 3 nitrogen and oxygen atoms in total. The van der Waals surface area contributed by atoms with E-state index in [1.807, 2.05) is 12.1 Å². The topological polar surface area (TPSA) is 46.3 Å². The zero-order chi connectivity index (χ0) is 11.3. The molecule has 0 atom stereocenters. The molecule has 0 unspecified atom stereocenters. The van der Waals surface area contributed by atoms with Gasteiger partial charge in [0.1, 0.15) is 0 Å². The van der Waals surface area contributed by atoms with Crippen LogP contribution in [0.2, 0.25) is 0 Å². The van der Waals surface area contributed by atoms with Crippen molar-refractivity contribution in [1.82, 2.24) is 0 Å². The fourth-order valence-electron chi connectivity index (χ4n) is 1.16. The largest absolute Gasteiger partial charge is 0.398 e. The number of nitrogens with zero attached hydrogens (tertiary/aromatic N) is 1. The number of carbonyl (C=O) groups is 1. The molecule has 0 saturated carbocycles. The van der Waals surface area contributed by atoms with Crippen molar-refractivity contribution in [2.75, 3.05) is 17.7 Å². The van der Waals surface area contributed by atoms with Crippen LogP contribution < -0.4 is 10.6 Å². The lowest BCUT2D eigenvalue weighted by atomic mass is 10.1. The van der Waals surface area contributed by atoms with Crippen molar-refractivity contribution in [2.45, 2.75) is 0 Å². The highest BCUT2D eigenvalue weighted by atomic mass is 16.1. The summed E-state index contributed by atoms with van der Waals surface area (Å²) in [7, 11) is 1.69. The molecule has 0 heterocycles. The van der Waals surface area contributed by atoms with Gasteiger partial charge in [0.05, 0.1) is 0 Å². The van der Waals surface area contributed by atoms with E-state index < -0.39 is 0 Å². The summed E-state index contributed by atoms with van der Waals surface area (Å²) < 4.78 is 0. The molecule has 0 bridgehead atoms. The summed E-state index contributed by atoms with van der Waals surface area (Å²) in [6.07, 6.45) is 6.09. The molecule has 0 fully saturated rings. The van der Waals surface area contributed by atoms with E-state index in [2.05, 4.69) is 6.58 Å². The monoisotopic (exact) mass is 202 g/mol. The molecule has 2 N–H and O–H groups in total. The minimum absolute atomic E-state index is 0.677. The van der Waals surface area contributed by atoms with Crippen molar-refractivity contribution < 1.29 is 4.79 Å². The Morgan fingerprint density at radius 1 is 1.47 bits per heavy atom. The summed E-state index contributed by atoms with van der Waals surface area (Å²) in [4.78, 5) is 12.1. The maximum Gasteiger partial charge on any atom is 0.213 e. The maximum atomic E-state index is 10.6. The lowest BCUT2D eigenvalue weighted by Crippen LogP contribution is -2.13. The molecule has 1 amide bonds. The molecule has 1 aromatic rings. The summed E-state index contributed by atoms with van der Waals surface area (Å²) >= 11 is 0. The van der Waals surface area contributed by atoms with Crippen molar-refractivity contribution in [3.05, 3.63) is 42.5 Å². The Kier molecular flexibility index (Phi) is 3.68. The first-order valence-corrected chi connectivity index (χ1v) is 4.56. The summed E-state index contributed by atoms with van der Waals surface area (Å²) in [5.41, 5.74) is 8.14. The van der Waals surface area contributed by atoms with Crippen molar-refractivity contribution in [3.8, 4) is 0 Å². The molecule has 0 spiro atoms. The Hall–Kier alpha value is -2.03. The van der Waals surface area contributed by atoms with Gasteiger partial charge in [0.25, 0.3) is 0 Å². The van der Waals surface area contributed by atoms with Gasteiger partial charge in [-0.2, -0.15) is 0 Å². The zero-order valence-electron chi connectivity index (χ0n) is 8.68. The van der Waals surface area contributed by atoms with Gasteiger partial charge >= 0.3 is 0 Å². The second kappa shape index (κ2) is 5.00. The molecule has 15 heavy (non-hydrogen) atoms. The molecule has 1 rings (SSSR count). The molecule has 1 aromatic carbocycles. The molecule has 3 heteroatoms. The fourth-order valence-corrected chi connectivity index (χ4v) is 1.16. The smallest absolute Gasteiger partial charge is 0.213 e. The summed E-state index contributed by atoms with van der Waals surface area (Å²) in [5.74, 6) is 0. The van der Waals surface area contributed by atoms with Crippen molar-refractivity contribution in [2.24, 2.45) is 0 Å². The Balaban J connectivity index is 3.09. The van der Waals surface area contributed by atoms with Crippen LogP contribution in [0, 0.1) is 0 Å². The predicted octanol–water partition coefficient (Wildman–Crippen LogP) is 2.06. The Morgan fingerprint density at radius 2 is 2.20 bits per heavy atom. The van der Waals surface area contributed by atoms with Gasteiger partial charge in [-0.15, -0.1) is 0 Å². The van der Waals surface area contributed by atoms with Gasteiger partial charge in [0.2, 0.25) is 6.41 Å². The van der Waals surface area contributed by atoms with Gasteiger partial charge in [-0.3, -0.25) is 4.79 Å². The number of hydrogen-bond acceptors (Lipinski definition) is 2. The number of rotatable bonds is 4. The number of carbonyl (C=O) groups excluding carboxylic acids is 1. The van der Waals surface area contributed by atoms with Crippen LogP contribution >= 0.6 is 0 Å². The normalized spacial score (nSPS) is 10.2. The molecule has 0 aromatic heterocycles. The highest BCUT2D eigenvalue weighted by Crippen LogP contribution is 2.20. The van der Waals surface area contributed by atoms with Crippen molar-refractivity contribution in [3.63, 3.8) is 0 Å². The quantitative estimate of drug-likeness (QED) is 0.461. The third-order valence-electron chi connectivity index (χ3n) is 2.05. The number of anilines is 2. The maximum absolute atomic E-state index is 10.6. The highest BCUT2D eigenvalue weighted by molar-refractivity contribution is 5.78. The van der Waals surface area contributed by atoms with Crippen LogP contribution in [-0.2, 0) is 4.79 Å². The first kappa shape index (κ1) is 11.0. The minimum atomic E-state index is 0.677. The number of nitrogens with two attached hydrogens (primary N) is 1. The van der Waals surface area contributed by atoms with Gasteiger partial charge < -0.3 is 10.6 Å². The van der Waals surface area contributed by atoms with E-state index in [9.17, 15) is 4.79 Å². The fraction of sp³-hybridized carbons (Fsp3) is 0.0833. The predicted molar refractivity (Wildman–Crippen MR) is 64.6 cm³/mol. The first-order valence-electron chi connectivity index (χ1n) is 4.56. The third kappa shape index (κ3) is 2.71. The van der Waals surface area contributed by atoms with Gasteiger partial charge in [-0.05, 0) is 23.8 Å². The Bertz CT molecular complexity index is 397. The number of allylic oxidation sites excluding steroid dienone is 2. The van der Waals surface area contributed by atoms with E-state index in [0.29, 0.717) is 5.69 Å². The minimum Gasteiger partial charge on any atom is -0.398 e. The molecule has 0 aliphatic rings. The first-order chi connectivity index (χ1) is 7.19. The molecular weight excluding hydrogens is 188 g/mol. The van der Waals surface area contributed by atoms with Crippen molar-refractivity contribution >= 4 is 23.9 Å². The number of hydrogen-bond donors (Lipinski definition) is 1. The zero-order valence-corrected chi connectivity index (χ0v) is 8.68. The van der Waals surface area contributed by atoms with Crippen LogP contribution in [-0.4, -0.2) is 13.5 Å². The second-order valence-electron chi connectivity index (χ2n) is 3.12. The number of amides is 1. The molecule has 0 aliphatic carbocycles. The molecular formula is C12H14N2O. The summed E-state index contributed by atoms with van der Waals surface area (Å²) in [5, 5.41) is 0. The van der Waals surface area contributed by atoms with E-state index in [4.69, 9.17) is 5.73 Å². The molecule has 0 aliphatic heterocycles. The van der Waals surface area contributed by atoms with Crippen LogP contribution in [0.3, 0.4) is 0 Å². The average Bonchev–Trinajstić information content (AvgIpc) is 2.27. The van der Waals surface area contributed by atoms with Crippen LogP contribution in [0.25, 0.3) is 6.08 Å². The van der Waals surface area contributed by atoms with E-state index in [0.717, 1.165) is 17.7 Å². The highest BCUT2D eigenvalue weighted by Gasteiger charge is 2.01. The molecule has 0 saturated heterocycles. The SMILES string of the molecule is C=C/C=C\c1cc(N(C)C=O)ccc1N. The summed E-state index contributed by atoms with van der Waals surface area (Å²) in [6.45, 7) is 3.58. The van der Waals surface area contributed by atoms with E-state index in [-0.39, 0.29) is 0 Å². The van der Waals surface area contributed by atoms with Gasteiger partial charge in [-0.1, -0.05) is 24.8 Å². The molecule has 78 valence electrons. The van der Waals surface area contributed by atoms with Crippen LogP contribution in [0.15, 0.2) is 36.9 Å². The van der Waals surface area contributed by atoms with Gasteiger partial charge in [0.15, 0.2) is 0 Å². The van der Waals surface area contributed by atoms with E-state index in [1.54, 1.807) is 31.3 Å². The van der Waals surface area contributed by atoms with Crippen LogP contribution in [0.1, 0.15) is 5.56 Å². The average molecular weight is 202 g/mol. The van der Waals surface area contributed by atoms with Gasteiger partial charge in [-0.25, -0.2) is 0 Å². The Labute approximate surface area is 89.5 Å². The Morgan fingerprint density at radius 3 is 2.80 bits per heavy atom.